The van der Waals surface area contributed by atoms with Gasteiger partial charge in [0.25, 0.3) is 0 Å². The lowest BCUT2D eigenvalue weighted by Gasteiger charge is -2.11. The first kappa shape index (κ1) is 12.1. The van der Waals surface area contributed by atoms with Gasteiger partial charge in [0, 0.05) is 23.4 Å². The smallest absolute Gasteiger partial charge is 0.120 e. The Kier molecular flexibility index (Phi) is 4.82. The van der Waals surface area contributed by atoms with Crippen molar-refractivity contribution in [3.05, 3.63) is 29.3 Å². The molecule has 0 spiro atoms. The second kappa shape index (κ2) is 6.38. The molecule has 2 nitrogen and oxygen atoms in total. The zero-order valence-electron chi connectivity index (χ0n) is 9.12. The maximum absolute atomic E-state index is 5.86. The molecule has 0 bridgehead atoms. The monoisotopic (exact) mass is 257 g/mol. The van der Waals surface area contributed by atoms with E-state index in [4.69, 9.17) is 16.3 Å². The van der Waals surface area contributed by atoms with Crippen LogP contribution in [0.2, 0.25) is 5.02 Å². The molecule has 0 radical (unpaired) electrons. The Morgan fingerprint density at radius 2 is 2.44 bits per heavy atom. The lowest BCUT2D eigenvalue weighted by molar-refractivity contribution is 0.307. The van der Waals surface area contributed by atoms with Gasteiger partial charge in [-0.1, -0.05) is 17.7 Å². The SMILES string of the molecule is Clc1cccc(OCCNC2CCSC2)c1. The predicted octanol–water partition coefficient (Wildman–Crippen LogP) is 2.81. The first-order chi connectivity index (χ1) is 7.84. The average Bonchev–Trinajstić information content (AvgIpc) is 2.77. The van der Waals surface area contributed by atoms with Crippen LogP contribution in [0, 0.1) is 0 Å². The van der Waals surface area contributed by atoms with E-state index in [2.05, 4.69) is 5.32 Å². The van der Waals surface area contributed by atoms with Gasteiger partial charge < -0.3 is 10.1 Å². The van der Waals surface area contributed by atoms with E-state index in [9.17, 15) is 0 Å². The Hall–Kier alpha value is -0.380. The van der Waals surface area contributed by atoms with Crippen LogP contribution < -0.4 is 10.1 Å². The zero-order chi connectivity index (χ0) is 11.2. The number of hydrogen-bond donors (Lipinski definition) is 1. The van der Waals surface area contributed by atoms with Crippen molar-refractivity contribution < 1.29 is 4.74 Å². The molecule has 4 heteroatoms. The topological polar surface area (TPSA) is 21.3 Å². The fraction of sp³-hybridized carbons (Fsp3) is 0.500. The summed E-state index contributed by atoms with van der Waals surface area (Å²) in [5, 5.41) is 4.21. The van der Waals surface area contributed by atoms with Crippen LogP contribution in [0.1, 0.15) is 6.42 Å². The number of rotatable bonds is 5. The van der Waals surface area contributed by atoms with Crippen molar-refractivity contribution >= 4 is 23.4 Å². The van der Waals surface area contributed by atoms with Gasteiger partial charge in [-0.15, -0.1) is 0 Å². The summed E-state index contributed by atoms with van der Waals surface area (Å²) < 4.78 is 5.59. The Balaban J connectivity index is 1.64. The molecule has 1 N–H and O–H groups in total. The fourth-order valence-corrected chi connectivity index (χ4v) is 3.05. The van der Waals surface area contributed by atoms with Crippen molar-refractivity contribution in [2.45, 2.75) is 12.5 Å². The van der Waals surface area contributed by atoms with Crippen molar-refractivity contribution in [1.29, 1.82) is 0 Å². The highest BCUT2D eigenvalue weighted by Crippen LogP contribution is 2.18. The van der Waals surface area contributed by atoms with Crippen molar-refractivity contribution in [3.8, 4) is 5.75 Å². The van der Waals surface area contributed by atoms with Crippen LogP contribution in [0.5, 0.6) is 5.75 Å². The molecule has 0 amide bonds. The van der Waals surface area contributed by atoms with Crippen molar-refractivity contribution in [1.82, 2.24) is 5.32 Å². The highest BCUT2D eigenvalue weighted by molar-refractivity contribution is 7.99. The Labute approximate surface area is 106 Å². The molecule has 1 aromatic rings. The van der Waals surface area contributed by atoms with E-state index in [1.165, 1.54) is 17.9 Å². The van der Waals surface area contributed by atoms with Crippen molar-refractivity contribution in [2.75, 3.05) is 24.7 Å². The number of nitrogens with one attached hydrogen (secondary N) is 1. The Bertz CT molecular complexity index is 329. The van der Waals surface area contributed by atoms with Crippen LogP contribution in [0.4, 0.5) is 0 Å². The maximum Gasteiger partial charge on any atom is 0.120 e. The van der Waals surface area contributed by atoms with Crippen LogP contribution in [-0.4, -0.2) is 30.7 Å². The molecule has 1 aromatic carbocycles. The van der Waals surface area contributed by atoms with Crippen LogP contribution in [0.3, 0.4) is 0 Å². The molecular weight excluding hydrogens is 242 g/mol. The van der Waals surface area contributed by atoms with E-state index in [1.54, 1.807) is 0 Å². The molecule has 1 heterocycles. The third-order valence-corrected chi connectivity index (χ3v) is 3.93. The Morgan fingerprint density at radius 1 is 1.50 bits per heavy atom. The normalized spacial score (nSPS) is 19.9. The molecule has 88 valence electrons. The van der Waals surface area contributed by atoms with Gasteiger partial charge in [0.05, 0.1) is 0 Å². The van der Waals surface area contributed by atoms with Gasteiger partial charge >= 0.3 is 0 Å². The number of ether oxygens (including phenoxy) is 1. The minimum atomic E-state index is 0.674. The molecule has 2 rings (SSSR count). The summed E-state index contributed by atoms with van der Waals surface area (Å²) >= 11 is 7.88. The van der Waals surface area contributed by atoms with Crippen LogP contribution in [0.15, 0.2) is 24.3 Å². The predicted molar refractivity (Wildman–Crippen MR) is 70.7 cm³/mol. The Morgan fingerprint density at radius 3 is 3.19 bits per heavy atom. The first-order valence-electron chi connectivity index (χ1n) is 5.54. The van der Waals surface area contributed by atoms with Crippen molar-refractivity contribution in [3.63, 3.8) is 0 Å². The average molecular weight is 258 g/mol. The lowest BCUT2D eigenvalue weighted by atomic mass is 10.3. The lowest BCUT2D eigenvalue weighted by Crippen LogP contribution is -2.32. The van der Waals surface area contributed by atoms with E-state index < -0.39 is 0 Å². The number of hydrogen-bond acceptors (Lipinski definition) is 3. The highest BCUT2D eigenvalue weighted by atomic mass is 35.5. The largest absolute Gasteiger partial charge is 0.492 e. The molecule has 1 aliphatic heterocycles. The quantitative estimate of drug-likeness (QED) is 0.820. The molecular formula is C12H16ClNOS. The van der Waals surface area contributed by atoms with Crippen LogP contribution in [-0.2, 0) is 0 Å². The number of thioether (sulfide) groups is 1. The maximum atomic E-state index is 5.86. The molecule has 1 fully saturated rings. The summed E-state index contributed by atoms with van der Waals surface area (Å²) in [6.45, 7) is 1.60. The highest BCUT2D eigenvalue weighted by Gasteiger charge is 2.13. The molecule has 1 atom stereocenters. The first-order valence-corrected chi connectivity index (χ1v) is 7.07. The standard InChI is InChI=1S/C12H16ClNOS/c13-10-2-1-3-12(8-10)15-6-5-14-11-4-7-16-9-11/h1-3,8,11,14H,4-7,9H2. The zero-order valence-corrected chi connectivity index (χ0v) is 10.7. The molecule has 1 saturated heterocycles. The molecule has 0 saturated carbocycles. The van der Waals surface area contributed by atoms with Gasteiger partial charge in [0.2, 0.25) is 0 Å². The van der Waals surface area contributed by atoms with Gasteiger partial charge in [-0.25, -0.2) is 0 Å². The van der Waals surface area contributed by atoms with Gasteiger partial charge in [-0.3, -0.25) is 0 Å². The molecule has 1 aliphatic rings. The second-order valence-electron chi connectivity index (χ2n) is 3.82. The molecule has 1 unspecified atom stereocenters. The van der Waals surface area contributed by atoms with Crippen molar-refractivity contribution in [2.24, 2.45) is 0 Å². The fourth-order valence-electron chi connectivity index (χ4n) is 1.68. The summed E-state index contributed by atoms with van der Waals surface area (Å²) in [5.74, 6) is 3.36. The van der Waals surface area contributed by atoms with E-state index in [-0.39, 0.29) is 0 Å². The van der Waals surface area contributed by atoms with Gasteiger partial charge in [0.1, 0.15) is 12.4 Å². The molecule has 16 heavy (non-hydrogen) atoms. The van der Waals surface area contributed by atoms with Crippen LogP contribution >= 0.6 is 23.4 Å². The third-order valence-electron chi connectivity index (χ3n) is 2.53. The van der Waals surface area contributed by atoms with Crippen LogP contribution in [0.25, 0.3) is 0 Å². The minimum Gasteiger partial charge on any atom is -0.492 e. The molecule has 0 aromatic heterocycles. The van der Waals surface area contributed by atoms with E-state index in [0.717, 1.165) is 17.3 Å². The summed E-state index contributed by atoms with van der Waals surface area (Å²) in [7, 11) is 0. The third kappa shape index (κ3) is 3.89. The summed E-state index contributed by atoms with van der Waals surface area (Å²) in [6.07, 6.45) is 1.28. The van der Waals surface area contributed by atoms with E-state index in [0.29, 0.717) is 12.6 Å². The van der Waals surface area contributed by atoms with E-state index in [1.807, 2.05) is 36.0 Å². The van der Waals surface area contributed by atoms with E-state index >= 15 is 0 Å². The summed E-state index contributed by atoms with van der Waals surface area (Å²) in [4.78, 5) is 0. The minimum absolute atomic E-state index is 0.674. The summed E-state index contributed by atoms with van der Waals surface area (Å²) in [5.41, 5.74) is 0. The second-order valence-corrected chi connectivity index (χ2v) is 5.41. The van der Waals surface area contributed by atoms with Gasteiger partial charge in [-0.05, 0) is 30.4 Å². The van der Waals surface area contributed by atoms with Gasteiger partial charge in [-0.2, -0.15) is 11.8 Å². The number of halogens is 1. The summed E-state index contributed by atoms with van der Waals surface area (Å²) in [6, 6.07) is 8.19. The number of benzene rings is 1. The van der Waals surface area contributed by atoms with Gasteiger partial charge in [0.15, 0.2) is 0 Å². The molecule has 0 aliphatic carbocycles.